The van der Waals surface area contributed by atoms with Crippen molar-refractivity contribution in [1.82, 2.24) is 0 Å². The van der Waals surface area contributed by atoms with Gasteiger partial charge in [-0.2, -0.15) is 0 Å². The number of rotatable bonds is 17. The third-order valence-electron chi connectivity index (χ3n) is 4.37. The SMILES string of the molecule is CCCCCC/C=C/CCCCCCCCCCCC(=O)OC. The summed E-state index contributed by atoms with van der Waals surface area (Å²) >= 11 is 0. The van der Waals surface area contributed by atoms with Gasteiger partial charge in [0.2, 0.25) is 0 Å². The van der Waals surface area contributed by atoms with Crippen molar-refractivity contribution in [3.63, 3.8) is 0 Å². The molecule has 0 fully saturated rings. The van der Waals surface area contributed by atoms with Gasteiger partial charge in [-0.25, -0.2) is 0 Å². The fourth-order valence-electron chi connectivity index (χ4n) is 2.80. The maximum absolute atomic E-state index is 10.9. The van der Waals surface area contributed by atoms with Crippen LogP contribution in [0.15, 0.2) is 12.2 Å². The van der Waals surface area contributed by atoms with Gasteiger partial charge < -0.3 is 4.74 Å². The van der Waals surface area contributed by atoms with Crippen molar-refractivity contribution in [3.05, 3.63) is 12.2 Å². The van der Waals surface area contributed by atoms with Gasteiger partial charge in [0.1, 0.15) is 0 Å². The van der Waals surface area contributed by atoms with Gasteiger partial charge in [-0.3, -0.25) is 4.79 Å². The highest BCUT2D eigenvalue weighted by Gasteiger charge is 1.99. The number of allylic oxidation sites excluding steroid dienone is 2. The molecule has 0 spiro atoms. The van der Waals surface area contributed by atoms with Crippen molar-refractivity contribution in [2.75, 3.05) is 7.11 Å². The zero-order valence-electron chi connectivity index (χ0n) is 15.8. The molecule has 0 aliphatic rings. The molecule has 0 aromatic heterocycles. The largest absolute Gasteiger partial charge is 0.469 e. The molecule has 2 nitrogen and oxygen atoms in total. The standard InChI is InChI=1S/C21H40O2/c1-3-4-5-6-7-8-9-10-11-12-13-14-15-16-17-18-19-20-21(22)23-2/h8-9H,3-7,10-20H2,1-2H3/b9-8+. The van der Waals surface area contributed by atoms with Gasteiger partial charge in [0.25, 0.3) is 0 Å². The zero-order valence-corrected chi connectivity index (χ0v) is 15.8. The van der Waals surface area contributed by atoms with Gasteiger partial charge in [-0.15, -0.1) is 0 Å². The summed E-state index contributed by atoms with van der Waals surface area (Å²) < 4.78 is 4.64. The van der Waals surface area contributed by atoms with Crippen LogP contribution in [0.4, 0.5) is 0 Å². The van der Waals surface area contributed by atoms with Gasteiger partial charge in [0.15, 0.2) is 0 Å². The van der Waals surface area contributed by atoms with Gasteiger partial charge in [-0.05, 0) is 32.1 Å². The Morgan fingerprint density at radius 1 is 0.696 bits per heavy atom. The van der Waals surface area contributed by atoms with Crippen LogP contribution in [-0.2, 0) is 9.53 Å². The first-order valence-electron chi connectivity index (χ1n) is 10.0. The minimum Gasteiger partial charge on any atom is -0.469 e. The van der Waals surface area contributed by atoms with Crippen LogP contribution in [-0.4, -0.2) is 13.1 Å². The number of esters is 1. The van der Waals surface area contributed by atoms with Gasteiger partial charge in [0, 0.05) is 6.42 Å². The van der Waals surface area contributed by atoms with Crippen LogP contribution in [0.1, 0.15) is 110 Å². The zero-order chi connectivity index (χ0) is 17.0. The van der Waals surface area contributed by atoms with Crippen molar-refractivity contribution in [3.8, 4) is 0 Å². The minimum absolute atomic E-state index is 0.0694. The van der Waals surface area contributed by atoms with E-state index >= 15 is 0 Å². The number of carbonyl (C=O) groups excluding carboxylic acids is 1. The molecule has 0 amide bonds. The van der Waals surface area contributed by atoms with E-state index in [4.69, 9.17) is 0 Å². The molecule has 0 rings (SSSR count). The maximum atomic E-state index is 10.9. The Bertz CT molecular complexity index is 271. The minimum atomic E-state index is -0.0694. The third-order valence-corrected chi connectivity index (χ3v) is 4.37. The second-order valence-electron chi connectivity index (χ2n) is 6.62. The lowest BCUT2D eigenvalue weighted by atomic mass is 10.1. The molecule has 0 heterocycles. The van der Waals surface area contributed by atoms with E-state index in [1.165, 1.54) is 90.6 Å². The average Bonchev–Trinajstić information content (AvgIpc) is 2.57. The molecule has 0 bridgehead atoms. The van der Waals surface area contributed by atoms with E-state index in [0.717, 1.165) is 12.8 Å². The molecule has 136 valence electrons. The van der Waals surface area contributed by atoms with E-state index < -0.39 is 0 Å². The molecule has 0 aliphatic carbocycles. The first kappa shape index (κ1) is 22.2. The molecule has 0 aromatic rings. The topological polar surface area (TPSA) is 26.3 Å². The highest BCUT2D eigenvalue weighted by molar-refractivity contribution is 5.68. The Labute approximate surface area is 145 Å². The van der Waals surface area contributed by atoms with E-state index in [9.17, 15) is 4.79 Å². The maximum Gasteiger partial charge on any atom is 0.305 e. The molecule has 0 aromatic carbocycles. The number of methoxy groups -OCH3 is 1. The summed E-state index contributed by atoms with van der Waals surface area (Å²) in [7, 11) is 1.46. The molecular weight excluding hydrogens is 284 g/mol. The summed E-state index contributed by atoms with van der Waals surface area (Å²) in [5.74, 6) is -0.0694. The first-order chi connectivity index (χ1) is 11.3. The molecule has 0 aliphatic heterocycles. The lowest BCUT2D eigenvalue weighted by Crippen LogP contribution is -1.99. The van der Waals surface area contributed by atoms with Gasteiger partial charge in [0.05, 0.1) is 7.11 Å². The quantitative estimate of drug-likeness (QED) is 0.164. The fourth-order valence-corrected chi connectivity index (χ4v) is 2.80. The molecule has 0 radical (unpaired) electrons. The lowest BCUT2D eigenvalue weighted by Gasteiger charge is -2.02. The Morgan fingerprint density at radius 3 is 1.61 bits per heavy atom. The van der Waals surface area contributed by atoms with Crippen LogP contribution >= 0.6 is 0 Å². The monoisotopic (exact) mass is 324 g/mol. The second-order valence-corrected chi connectivity index (χ2v) is 6.62. The Hall–Kier alpha value is -0.790. The third kappa shape index (κ3) is 19.2. The van der Waals surface area contributed by atoms with E-state index in [-0.39, 0.29) is 5.97 Å². The lowest BCUT2D eigenvalue weighted by molar-refractivity contribution is -0.140. The number of hydrogen-bond donors (Lipinski definition) is 0. The highest BCUT2D eigenvalue weighted by atomic mass is 16.5. The fraction of sp³-hybridized carbons (Fsp3) is 0.857. The van der Waals surface area contributed by atoms with Gasteiger partial charge >= 0.3 is 5.97 Å². The number of hydrogen-bond acceptors (Lipinski definition) is 2. The molecule has 0 saturated heterocycles. The van der Waals surface area contributed by atoms with Crippen LogP contribution in [0.2, 0.25) is 0 Å². The Balaban J connectivity index is 3.07. The van der Waals surface area contributed by atoms with Crippen molar-refractivity contribution < 1.29 is 9.53 Å². The van der Waals surface area contributed by atoms with E-state index in [2.05, 4.69) is 23.8 Å². The average molecular weight is 325 g/mol. The number of carbonyl (C=O) groups is 1. The summed E-state index contributed by atoms with van der Waals surface area (Å²) in [4.78, 5) is 10.9. The summed E-state index contributed by atoms with van der Waals surface area (Å²) in [6, 6.07) is 0. The molecular formula is C21H40O2. The summed E-state index contributed by atoms with van der Waals surface area (Å²) in [5.41, 5.74) is 0. The summed E-state index contributed by atoms with van der Waals surface area (Å²) in [6.07, 6.45) is 24.9. The van der Waals surface area contributed by atoms with Crippen molar-refractivity contribution in [2.24, 2.45) is 0 Å². The smallest absolute Gasteiger partial charge is 0.305 e. The predicted molar refractivity (Wildman–Crippen MR) is 101 cm³/mol. The van der Waals surface area contributed by atoms with Crippen molar-refractivity contribution >= 4 is 5.97 Å². The van der Waals surface area contributed by atoms with Crippen LogP contribution in [0.3, 0.4) is 0 Å². The number of unbranched alkanes of at least 4 members (excludes halogenated alkanes) is 13. The van der Waals surface area contributed by atoms with E-state index in [1.807, 2.05) is 0 Å². The van der Waals surface area contributed by atoms with Crippen molar-refractivity contribution in [1.29, 1.82) is 0 Å². The first-order valence-corrected chi connectivity index (χ1v) is 10.0. The molecule has 0 unspecified atom stereocenters. The molecule has 0 saturated carbocycles. The molecule has 0 atom stereocenters. The van der Waals surface area contributed by atoms with E-state index in [1.54, 1.807) is 0 Å². The predicted octanol–water partition coefficient (Wildman–Crippen LogP) is 6.98. The number of ether oxygens (including phenoxy) is 1. The summed E-state index contributed by atoms with van der Waals surface area (Å²) in [6.45, 7) is 2.26. The Morgan fingerprint density at radius 2 is 1.13 bits per heavy atom. The van der Waals surface area contributed by atoms with Crippen LogP contribution in [0, 0.1) is 0 Å². The Kier molecular flexibility index (Phi) is 18.6. The van der Waals surface area contributed by atoms with Crippen LogP contribution in [0.5, 0.6) is 0 Å². The normalized spacial score (nSPS) is 11.2. The van der Waals surface area contributed by atoms with Crippen molar-refractivity contribution in [2.45, 2.75) is 110 Å². The highest BCUT2D eigenvalue weighted by Crippen LogP contribution is 2.12. The molecule has 2 heteroatoms. The van der Waals surface area contributed by atoms with Gasteiger partial charge in [-0.1, -0.05) is 83.3 Å². The summed E-state index contributed by atoms with van der Waals surface area (Å²) in [5, 5.41) is 0. The van der Waals surface area contributed by atoms with Crippen LogP contribution in [0.25, 0.3) is 0 Å². The molecule has 23 heavy (non-hydrogen) atoms. The van der Waals surface area contributed by atoms with E-state index in [0.29, 0.717) is 6.42 Å². The molecule has 0 N–H and O–H groups in total. The van der Waals surface area contributed by atoms with Crippen LogP contribution < -0.4 is 0 Å². The second kappa shape index (κ2) is 19.3.